The van der Waals surface area contributed by atoms with E-state index in [0.717, 1.165) is 0 Å². The summed E-state index contributed by atoms with van der Waals surface area (Å²) in [5, 5.41) is 10.6. The minimum atomic E-state index is -0.484. The van der Waals surface area contributed by atoms with E-state index in [1.54, 1.807) is 0 Å². The van der Waals surface area contributed by atoms with E-state index >= 15 is 0 Å². The van der Waals surface area contributed by atoms with Gasteiger partial charge in [-0.3, -0.25) is 10.1 Å². The van der Waals surface area contributed by atoms with Crippen LogP contribution in [0.2, 0.25) is 0 Å². The molecule has 0 saturated carbocycles. The topological polar surface area (TPSA) is 70.8 Å². The Labute approximate surface area is 110 Å². The maximum atomic E-state index is 10.6. The number of hydrogen-bond donors (Lipinski definition) is 1. The van der Waals surface area contributed by atoms with E-state index < -0.39 is 4.92 Å². The second kappa shape index (κ2) is 7.78. The normalized spacial score (nSPS) is 10.1. The largest absolute Gasteiger partial charge is 0.493 e. The summed E-state index contributed by atoms with van der Waals surface area (Å²) in [4.78, 5) is 10.1. The van der Waals surface area contributed by atoms with Crippen LogP contribution in [-0.4, -0.2) is 37.6 Å². The van der Waals surface area contributed by atoms with Gasteiger partial charge in [-0.1, -0.05) is 0 Å². The molecule has 0 aliphatic heterocycles. The summed E-state index contributed by atoms with van der Waals surface area (Å²) in [7, 11) is 1.43. The van der Waals surface area contributed by atoms with E-state index in [0.29, 0.717) is 37.1 Å². The number of non-ortho nitro benzene ring substituents is 1. The third-order valence-corrected chi connectivity index (χ3v) is 2.26. The summed E-state index contributed by atoms with van der Waals surface area (Å²) < 4.78 is 15.6. The molecule has 1 aromatic rings. The molecular formula is C11H15NO5S. The van der Waals surface area contributed by atoms with Gasteiger partial charge >= 0.3 is 0 Å². The van der Waals surface area contributed by atoms with Crippen molar-refractivity contribution in [2.24, 2.45) is 0 Å². The number of nitro benzene ring substituents is 1. The smallest absolute Gasteiger partial charge is 0.273 e. The van der Waals surface area contributed by atoms with Gasteiger partial charge in [0.25, 0.3) is 5.69 Å². The van der Waals surface area contributed by atoms with Crippen LogP contribution in [0.15, 0.2) is 18.2 Å². The molecule has 0 radical (unpaired) electrons. The van der Waals surface area contributed by atoms with Crippen molar-refractivity contribution >= 4 is 18.3 Å². The molecule has 0 heterocycles. The van der Waals surface area contributed by atoms with Gasteiger partial charge < -0.3 is 14.2 Å². The number of benzene rings is 1. The van der Waals surface area contributed by atoms with Crippen LogP contribution < -0.4 is 9.47 Å². The van der Waals surface area contributed by atoms with Gasteiger partial charge in [0.05, 0.1) is 31.3 Å². The molecule has 0 amide bonds. The summed E-state index contributed by atoms with van der Waals surface area (Å²) in [5.74, 6) is 1.44. The lowest BCUT2D eigenvalue weighted by molar-refractivity contribution is -0.384. The second-order valence-corrected chi connectivity index (χ2v) is 3.72. The van der Waals surface area contributed by atoms with E-state index in [-0.39, 0.29) is 5.69 Å². The van der Waals surface area contributed by atoms with Crippen LogP contribution in [0.1, 0.15) is 0 Å². The number of nitro groups is 1. The average molecular weight is 273 g/mol. The monoisotopic (exact) mass is 273 g/mol. The third-order valence-electron chi connectivity index (χ3n) is 2.08. The zero-order chi connectivity index (χ0) is 13.4. The first kappa shape index (κ1) is 14.6. The molecule has 18 heavy (non-hydrogen) atoms. The second-order valence-electron chi connectivity index (χ2n) is 3.28. The molecule has 0 N–H and O–H groups in total. The van der Waals surface area contributed by atoms with Crippen LogP contribution in [0, 0.1) is 10.1 Å². The maximum Gasteiger partial charge on any atom is 0.273 e. The highest BCUT2D eigenvalue weighted by Crippen LogP contribution is 2.30. The van der Waals surface area contributed by atoms with E-state index in [1.165, 1.54) is 25.3 Å². The molecule has 0 bridgehead atoms. The molecule has 100 valence electrons. The molecule has 1 rings (SSSR count). The van der Waals surface area contributed by atoms with Crippen molar-refractivity contribution in [3.8, 4) is 11.5 Å². The highest BCUT2D eigenvalue weighted by molar-refractivity contribution is 7.80. The predicted molar refractivity (Wildman–Crippen MR) is 69.8 cm³/mol. The van der Waals surface area contributed by atoms with Crippen molar-refractivity contribution in [3.05, 3.63) is 28.3 Å². The molecular weight excluding hydrogens is 258 g/mol. The van der Waals surface area contributed by atoms with Gasteiger partial charge in [-0.25, -0.2) is 0 Å². The first-order valence-corrected chi connectivity index (χ1v) is 5.96. The molecule has 0 fully saturated rings. The minimum Gasteiger partial charge on any atom is -0.493 e. The Balaban J connectivity index is 2.57. The Hall–Kier alpha value is -1.47. The lowest BCUT2D eigenvalue weighted by atomic mass is 10.3. The summed E-state index contributed by atoms with van der Waals surface area (Å²) in [6.45, 7) is 1.34. The molecule has 7 heteroatoms. The van der Waals surface area contributed by atoms with Crippen molar-refractivity contribution in [2.45, 2.75) is 0 Å². The average Bonchev–Trinajstić information content (AvgIpc) is 2.38. The third kappa shape index (κ3) is 4.42. The summed E-state index contributed by atoms with van der Waals surface area (Å²) in [6, 6.07) is 4.20. The van der Waals surface area contributed by atoms with Gasteiger partial charge in [-0.05, 0) is 6.07 Å². The first-order valence-electron chi connectivity index (χ1n) is 5.33. The lowest BCUT2D eigenvalue weighted by Crippen LogP contribution is -2.08. The number of nitrogens with zero attached hydrogens (tertiary/aromatic N) is 1. The van der Waals surface area contributed by atoms with Gasteiger partial charge in [0.2, 0.25) is 0 Å². The SMILES string of the molecule is COc1cc([N+](=O)[O-])ccc1OCCOCCS. The number of methoxy groups -OCH3 is 1. The van der Waals surface area contributed by atoms with Crippen molar-refractivity contribution in [1.82, 2.24) is 0 Å². The van der Waals surface area contributed by atoms with Crippen LogP contribution in [0.25, 0.3) is 0 Å². The molecule has 0 spiro atoms. The summed E-state index contributed by atoms with van der Waals surface area (Å²) in [6.07, 6.45) is 0. The van der Waals surface area contributed by atoms with Crippen molar-refractivity contribution in [1.29, 1.82) is 0 Å². The lowest BCUT2D eigenvalue weighted by Gasteiger charge is -2.10. The van der Waals surface area contributed by atoms with E-state index in [1.807, 2.05) is 0 Å². The van der Waals surface area contributed by atoms with Gasteiger partial charge in [-0.15, -0.1) is 0 Å². The van der Waals surface area contributed by atoms with Gasteiger partial charge in [0.15, 0.2) is 11.5 Å². The highest BCUT2D eigenvalue weighted by atomic mass is 32.1. The van der Waals surface area contributed by atoms with Crippen LogP contribution in [-0.2, 0) is 4.74 Å². The number of hydrogen-bond acceptors (Lipinski definition) is 6. The quantitative estimate of drug-likeness (QED) is 0.339. The Kier molecular flexibility index (Phi) is 6.31. The van der Waals surface area contributed by atoms with E-state index in [2.05, 4.69) is 12.6 Å². The molecule has 0 saturated heterocycles. The molecule has 6 nitrogen and oxygen atoms in total. The van der Waals surface area contributed by atoms with E-state index in [9.17, 15) is 10.1 Å². The molecule has 1 aromatic carbocycles. The van der Waals surface area contributed by atoms with Crippen LogP contribution >= 0.6 is 12.6 Å². The summed E-state index contributed by atoms with van der Waals surface area (Å²) in [5.41, 5.74) is -0.0366. The molecule has 0 atom stereocenters. The number of thiol groups is 1. The van der Waals surface area contributed by atoms with E-state index in [4.69, 9.17) is 14.2 Å². The number of ether oxygens (including phenoxy) is 3. The maximum absolute atomic E-state index is 10.6. The Morgan fingerprint density at radius 3 is 2.67 bits per heavy atom. The molecule has 0 unspecified atom stereocenters. The van der Waals surface area contributed by atoms with Crippen molar-refractivity contribution < 1.29 is 19.1 Å². The van der Waals surface area contributed by atoms with Crippen LogP contribution in [0.4, 0.5) is 5.69 Å². The standard InChI is InChI=1S/C11H15NO5S/c1-15-11-8-9(12(13)14)2-3-10(11)17-5-4-16-6-7-18/h2-3,8,18H,4-7H2,1H3. The van der Waals surface area contributed by atoms with Crippen molar-refractivity contribution in [3.63, 3.8) is 0 Å². The highest BCUT2D eigenvalue weighted by Gasteiger charge is 2.11. The van der Waals surface area contributed by atoms with Crippen molar-refractivity contribution in [2.75, 3.05) is 32.7 Å². The molecule has 0 aromatic heterocycles. The predicted octanol–water partition coefficient (Wildman–Crippen LogP) is 1.93. The Morgan fingerprint density at radius 2 is 2.06 bits per heavy atom. The fraction of sp³-hybridized carbons (Fsp3) is 0.455. The number of rotatable bonds is 8. The minimum absolute atomic E-state index is 0.0366. The first-order chi connectivity index (χ1) is 8.69. The summed E-state index contributed by atoms with van der Waals surface area (Å²) >= 11 is 4.00. The van der Waals surface area contributed by atoms with Crippen LogP contribution in [0.3, 0.4) is 0 Å². The Morgan fingerprint density at radius 1 is 1.28 bits per heavy atom. The van der Waals surface area contributed by atoms with Crippen LogP contribution in [0.5, 0.6) is 11.5 Å². The van der Waals surface area contributed by atoms with Gasteiger partial charge in [-0.2, -0.15) is 12.6 Å². The molecule has 0 aliphatic rings. The fourth-order valence-electron chi connectivity index (χ4n) is 1.27. The van der Waals surface area contributed by atoms with Gasteiger partial charge in [0.1, 0.15) is 6.61 Å². The fourth-order valence-corrected chi connectivity index (χ4v) is 1.40. The zero-order valence-electron chi connectivity index (χ0n) is 10.00. The zero-order valence-corrected chi connectivity index (χ0v) is 10.9. The Bertz CT molecular complexity index is 399. The molecule has 0 aliphatic carbocycles. The van der Waals surface area contributed by atoms with Gasteiger partial charge in [0, 0.05) is 11.8 Å².